The molecule has 0 saturated carbocycles. The fraction of sp³-hybridized carbons (Fsp3) is 0.870. The average molecular weight is 543 g/mol. The lowest BCUT2D eigenvalue weighted by Crippen LogP contribution is -2.17. The van der Waals surface area contributed by atoms with Gasteiger partial charge in [0.2, 0.25) is 5.78 Å². The van der Waals surface area contributed by atoms with Gasteiger partial charge in [-0.05, 0) is 0 Å². The van der Waals surface area contributed by atoms with Crippen molar-refractivity contribution in [3.05, 3.63) is 0 Å². The summed E-state index contributed by atoms with van der Waals surface area (Å²) in [4.78, 5) is 32.5. The Bertz CT molecular complexity index is 546. The van der Waals surface area contributed by atoms with Gasteiger partial charge >= 0.3 is 11.9 Å². The van der Waals surface area contributed by atoms with Gasteiger partial charge in [-0.1, -0.05) is 0 Å². The third kappa shape index (κ3) is 28.7. The summed E-state index contributed by atoms with van der Waals surface area (Å²) in [5, 5.41) is 17.0. The fourth-order valence-electron chi connectivity index (χ4n) is 2.32. The third-order valence-electron chi connectivity index (χ3n) is 4.13. The Morgan fingerprint density at radius 2 is 0.730 bits per heavy atom. The van der Waals surface area contributed by atoms with Crippen molar-refractivity contribution >= 4 is 17.7 Å². The van der Waals surface area contributed by atoms with Crippen LogP contribution in [0.2, 0.25) is 0 Å². The van der Waals surface area contributed by atoms with Crippen molar-refractivity contribution in [3.8, 4) is 0 Å². The molecule has 2 N–H and O–H groups in total. The van der Waals surface area contributed by atoms with Gasteiger partial charge in [-0.25, -0.2) is 4.79 Å². The van der Waals surface area contributed by atoms with Crippen molar-refractivity contribution in [2.45, 2.75) is 12.8 Å². The number of carboxylic acid groups (broad SMARTS) is 1. The van der Waals surface area contributed by atoms with Gasteiger partial charge in [0, 0.05) is 6.42 Å². The summed E-state index contributed by atoms with van der Waals surface area (Å²) in [7, 11) is 0. The van der Waals surface area contributed by atoms with Crippen LogP contribution in [0.15, 0.2) is 0 Å². The Kier molecular flexibility index (Phi) is 27.5. The monoisotopic (exact) mass is 542 g/mol. The van der Waals surface area contributed by atoms with Crippen LogP contribution in [0.5, 0.6) is 0 Å². The van der Waals surface area contributed by atoms with Crippen LogP contribution in [0.25, 0.3) is 0 Å². The predicted octanol–water partition coefficient (Wildman–Crippen LogP) is -0.911. The summed E-state index contributed by atoms with van der Waals surface area (Å²) >= 11 is 0. The molecule has 0 aromatic heterocycles. The molecule has 218 valence electrons. The summed E-state index contributed by atoms with van der Waals surface area (Å²) in [5.74, 6) is -3.24. The molecule has 0 aliphatic heterocycles. The van der Waals surface area contributed by atoms with Gasteiger partial charge in [0.15, 0.2) is 0 Å². The molecule has 0 aliphatic carbocycles. The second-order valence-electron chi connectivity index (χ2n) is 7.07. The maximum atomic E-state index is 11.3. The van der Waals surface area contributed by atoms with E-state index in [4.69, 9.17) is 52.8 Å². The Labute approximate surface area is 217 Å². The van der Waals surface area contributed by atoms with E-state index >= 15 is 0 Å². The lowest BCUT2D eigenvalue weighted by molar-refractivity contribution is -0.151. The smallest absolute Gasteiger partial charge is 0.372 e. The van der Waals surface area contributed by atoms with E-state index < -0.39 is 17.7 Å². The van der Waals surface area contributed by atoms with E-state index in [0.29, 0.717) is 99.1 Å². The van der Waals surface area contributed by atoms with Crippen LogP contribution in [0.4, 0.5) is 0 Å². The van der Waals surface area contributed by atoms with Crippen LogP contribution >= 0.6 is 0 Å². The number of aliphatic carboxylic acids is 1. The van der Waals surface area contributed by atoms with Crippen molar-refractivity contribution in [3.63, 3.8) is 0 Å². The molecule has 0 aromatic rings. The number of rotatable bonds is 30. The molecular weight excluding hydrogens is 500 g/mol. The number of aliphatic hydroxyl groups excluding tert-OH is 1. The van der Waals surface area contributed by atoms with E-state index in [-0.39, 0.29) is 32.7 Å². The quantitative estimate of drug-likeness (QED) is 0.0648. The molecular formula is C23H42O14. The first kappa shape index (κ1) is 35.2. The molecule has 0 saturated heterocycles. The lowest BCUT2D eigenvalue weighted by Gasteiger charge is -2.08. The molecule has 37 heavy (non-hydrogen) atoms. The van der Waals surface area contributed by atoms with E-state index in [1.54, 1.807) is 0 Å². The maximum absolute atomic E-state index is 11.3. The average Bonchev–Trinajstić information content (AvgIpc) is 2.89. The number of hydrogen-bond donors (Lipinski definition) is 2. The van der Waals surface area contributed by atoms with Crippen LogP contribution in [-0.2, 0) is 57.0 Å². The number of carbonyl (C=O) groups excluding carboxylic acids is 2. The van der Waals surface area contributed by atoms with Crippen LogP contribution in [0, 0.1) is 0 Å². The first-order valence-corrected chi connectivity index (χ1v) is 12.2. The Morgan fingerprint density at radius 3 is 1.03 bits per heavy atom. The minimum atomic E-state index is -1.56. The molecule has 0 aliphatic rings. The molecule has 0 radical (unpaired) electrons. The van der Waals surface area contributed by atoms with E-state index in [0.717, 1.165) is 0 Å². The Morgan fingerprint density at radius 1 is 0.432 bits per heavy atom. The van der Waals surface area contributed by atoms with Gasteiger partial charge in [0.1, 0.15) is 6.61 Å². The maximum Gasteiger partial charge on any atom is 0.372 e. The molecule has 0 spiro atoms. The number of hydrogen-bond acceptors (Lipinski definition) is 13. The highest BCUT2D eigenvalue weighted by molar-refractivity contribution is 6.32. The van der Waals surface area contributed by atoms with Gasteiger partial charge in [0.05, 0.1) is 119 Å². The number of carboxylic acids is 1. The van der Waals surface area contributed by atoms with Crippen molar-refractivity contribution in [1.82, 2.24) is 0 Å². The molecule has 14 nitrogen and oxygen atoms in total. The predicted molar refractivity (Wildman–Crippen MR) is 126 cm³/mol. The van der Waals surface area contributed by atoms with Crippen LogP contribution < -0.4 is 0 Å². The van der Waals surface area contributed by atoms with Gasteiger partial charge in [-0.15, -0.1) is 0 Å². The fourth-order valence-corrected chi connectivity index (χ4v) is 2.32. The standard InChI is InChI=1S/C23H42O14/c24-3-4-29-5-6-30-7-8-31-9-10-32-11-12-33-13-14-34-15-16-35-17-18-36-19-20-37-22(26)2-1-21(25)23(27)28/h24H,1-20H2,(H,27,28). The highest BCUT2D eigenvalue weighted by Gasteiger charge is 2.14. The van der Waals surface area contributed by atoms with E-state index in [1.807, 2.05) is 0 Å². The molecule has 0 fully saturated rings. The molecule has 0 unspecified atom stereocenters. The number of ether oxygens (including phenoxy) is 9. The van der Waals surface area contributed by atoms with Crippen molar-refractivity contribution < 1.29 is 67.2 Å². The highest BCUT2D eigenvalue weighted by atomic mass is 16.6. The van der Waals surface area contributed by atoms with Crippen molar-refractivity contribution in [2.75, 3.05) is 119 Å². The van der Waals surface area contributed by atoms with Gasteiger partial charge in [-0.2, -0.15) is 0 Å². The van der Waals surface area contributed by atoms with E-state index in [1.165, 1.54) is 0 Å². The molecule has 0 heterocycles. The normalized spacial score (nSPS) is 11.1. The number of aliphatic hydroxyl groups is 1. The van der Waals surface area contributed by atoms with Crippen molar-refractivity contribution in [1.29, 1.82) is 0 Å². The Balaban J connectivity index is 3.13. The second kappa shape index (κ2) is 28.8. The van der Waals surface area contributed by atoms with E-state index in [9.17, 15) is 14.4 Å². The second-order valence-corrected chi connectivity index (χ2v) is 7.07. The summed E-state index contributed by atoms with van der Waals surface area (Å²) < 4.78 is 47.3. The number of carbonyl (C=O) groups is 3. The first-order valence-electron chi connectivity index (χ1n) is 12.2. The van der Waals surface area contributed by atoms with Crippen LogP contribution in [0.3, 0.4) is 0 Å². The molecule has 14 heteroatoms. The zero-order valence-electron chi connectivity index (χ0n) is 21.4. The minimum absolute atomic E-state index is 0.0112. The van der Waals surface area contributed by atoms with Gasteiger partial charge < -0.3 is 52.8 Å². The largest absolute Gasteiger partial charge is 0.476 e. The van der Waals surface area contributed by atoms with Gasteiger partial charge in [0.25, 0.3) is 0 Å². The first-order chi connectivity index (χ1) is 18.1. The molecule has 0 rings (SSSR count). The minimum Gasteiger partial charge on any atom is -0.476 e. The highest BCUT2D eigenvalue weighted by Crippen LogP contribution is 1.95. The zero-order chi connectivity index (χ0) is 27.2. The molecule has 0 atom stereocenters. The molecule has 0 amide bonds. The topological polar surface area (TPSA) is 175 Å². The van der Waals surface area contributed by atoms with Crippen molar-refractivity contribution in [2.24, 2.45) is 0 Å². The van der Waals surface area contributed by atoms with Crippen LogP contribution in [0.1, 0.15) is 12.8 Å². The summed E-state index contributed by atoms with van der Waals surface area (Å²) in [6.45, 7) is 6.68. The van der Waals surface area contributed by atoms with Crippen LogP contribution in [-0.4, -0.2) is 147 Å². The summed E-state index contributed by atoms with van der Waals surface area (Å²) in [6.07, 6.45) is -0.657. The number of esters is 1. The number of ketones is 1. The summed E-state index contributed by atoms with van der Waals surface area (Å²) in [6, 6.07) is 0. The zero-order valence-corrected chi connectivity index (χ0v) is 21.4. The third-order valence-corrected chi connectivity index (χ3v) is 4.13. The molecule has 0 bridgehead atoms. The number of Topliss-reactive ketones (excluding diaryl/α,β-unsaturated/α-hetero) is 1. The Hall–Kier alpha value is -1.75. The molecule has 0 aromatic carbocycles. The van der Waals surface area contributed by atoms with Gasteiger partial charge in [-0.3, -0.25) is 9.59 Å². The van der Waals surface area contributed by atoms with E-state index in [2.05, 4.69) is 0 Å². The lowest BCUT2D eigenvalue weighted by atomic mass is 10.2. The SMILES string of the molecule is O=C(CCC(=O)C(=O)O)OCCOCCOCCOCCOCCOCCOCCOCCOCCO. The summed E-state index contributed by atoms with van der Waals surface area (Å²) in [5.41, 5.74) is 0.